The largest absolute Gasteiger partial charge is 0.495 e. The third-order valence-electron chi connectivity index (χ3n) is 8.28. The number of fused-ring (bicyclic) bond motifs is 1. The van der Waals surface area contributed by atoms with Crippen LogP contribution in [-0.4, -0.2) is 62.0 Å². The molecule has 3 aromatic carbocycles. The van der Waals surface area contributed by atoms with Gasteiger partial charge in [0, 0.05) is 18.2 Å². The lowest BCUT2D eigenvalue weighted by Gasteiger charge is -2.34. The number of hydrogen-bond acceptors (Lipinski definition) is 8. The maximum atomic E-state index is 14.5. The number of hydrogen-bond donors (Lipinski definition) is 3. The lowest BCUT2D eigenvalue weighted by atomic mass is 10.0. The van der Waals surface area contributed by atoms with Crippen LogP contribution in [-0.2, 0) is 12.7 Å². The Hall–Kier alpha value is -5.08. The van der Waals surface area contributed by atoms with Crippen molar-refractivity contribution in [3.05, 3.63) is 89.5 Å². The molecular formula is C33H31F4N7O3. The first kappa shape index (κ1) is 31.9. The normalized spacial score (nSPS) is 15.6. The molecule has 14 heteroatoms. The fourth-order valence-corrected chi connectivity index (χ4v) is 5.82. The maximum absolute atomic E-state index is 14.5. The number of aliphatic hydroxyl groups is 1. The Kier molecular flexibility index (Phi) is 8.80. The van der Waals surface area contributed by atoms with Crippen molar-refractivity contribution in [2.24, 2.45) is 0 Å². The van der Waals surface area contributed by atoms with E-state index < -0.39 is 29.0 Å². The van der Waals surface area contributed by atoms with Crippen molar-refractivity contribution in [2.45, 2.75) is 38.0 Å². The van der Waals surface area contributed by atoms with Gasteiger partial charge >= 0.3 is 6.18 Å². The van der Waals surface area contributed by atoms with Gasteiger partial charge in [-0.3, -0.25) is 9.69 Å². The number of rotatable bonds is 8. The van der Waals surface area contributed by atoms with Gasteiger partial charge in [-0.2, -0.15) is 18.3 Å². The molecule has 1 aliphatic rings. The average molecular weight is 650 g/mol. The number of amides is 1. The van der Waals surface area contributed by atoms with E-state index in [-0.39, 0.29) is 36.0 Å². The average Bonchev–Trinajstić information content (AvgIpc) is 3.46. The van der Waals surface area contributed by atoms with Gasteiger partial charge in [0.2, 0.25) is 0 Å². The second-order valence-electron chi connectivity index (χ2n) is 11.2. The van der Waals surface area contributed by atoms with E-state index in [2.05, 4.69) is 20.2 Å². The van der Waals surface area contributed by atoms with Crippen LogP contribution in [0, 0.1) is 5.82 Å². The summed E-state index contributed by atoms with van der Waals surface area (Å²) < 4.78 is 60.4. The van der Waals surface area contributed by atoms with Crippen molar-refractivity contribution in [2.75, 3.05) is 31.3 Å². The highest BCUT2D eigenvalue weighted by Crippen LogP contribution is 2.37. The van der Waals surface area contributed by atoms with Crippen LogP contribution in [0.1, 0.15) is 40.7 Å². The number of carbonyl (C=O) groups excluding carboxylic acids is 1. The van der Waals surface area contributed by atoms with Gasteiger partial charge < -0.3 is 20.9 Å². The number of nitrogens with two attached hydrogens (primary N) is 1. The van der Waals surface area contributed by atoms with Crippen LogP contribution in [0.3, 0.4) is 0 Å². The van der Waals surface area contributed by atoms with Crippen LogP contribution >= 0.6 is 0 Å². The van der Waals surface area contributed by atoms with Crippen molar-refractivity contribution in [1.29, 1.82) is 0 Å². The summed E-state index contributed by atoms with van der Waals surface area (Å²) in [5.74, 6) is -1.88. The first-order valence-electron chi connectivity index (χ1n) is 14.9. The van der Waals surface area contributed by atoms with Crippen LogP contribution in [0.5, 0.6) is 5.75 Å². The summed E-state index contributed by atoms with van der Waals surface area (Å²) in [7, 11) is 1.37. The Morgan fingerprint density at radius 1 is 1.09 bits per heavy atom. The van der Waals surface area contributed by atoms with Crippen LogP contribution in [0.15, 0.2) is 67.0 Å². The maximum Gasteiger partial charge on any atom is 0.416 e. The van der Waals surface area contributed by atoms with E-state index in [1.165, 1.54) is 19.5 Å². The van der Waals surface area contributed by atoms with Gasteiger partial charge in [0.15, 0.2) is 5.65 Å². The van der Waals surface area contributed by atoms with Crippen molar-refractivity contribution >= 4 is 28.4 Å². The Morgan fingerprint density at radius 3 is 2.57 bits per heavy atom. The molecule has 47 heavy (non-hydrogen) atoms. The number of aliphatic hydroxyl groups excluding tert-OH is 1. The predicted octanol–water partition coefficient (Wildman–Crippen LogP) is 5.83. The topological polar surface area (TPSA) is 131 Å². The fraction of sp³-hybridized carbons (Fsp3) is 0.273. The van der Waals surface area contributed by atoms with Crippen molar-refractivity contribution in [1.82, 2.24) is 24.6 Å². The molecule has 5 aromatic rings. The molecule has 1 atom stereocenters. The number of anilines is 2. The Bertz CT molecular complexity index is 1930. The molecule has 0 saturated carbocycles. The minimum Gasteiger partial charge on any atom is -0.495 e. The monoisotopic (exact) mass is 649 g/mol. The fourth-order valence-electron chi connectivity index (χ4n) is 5.82. The standard InChI is InChI=1S/C33H31F4N7O3/c1-47-27-14-20(7-12-26(27)41-32(46)24-11-8-21(15-25(24)34)33(35,36)37)29-28-30(38)39-18-40-31(28)44(42-29)22-9-5-19(6-10-22)16-43-13-3-2-4-23(43)17-45/h5-12,14-15,18,23,45H,2-4,13,16-17H2,1H3,(H,41,46)(H2,38,39,40). The second-order valence-corrected chi connectivity index (χ2v) is 11.2. The van der Waals surface area contributed by atoms with E-state index in [1.54, 1.807) is 16.8 Å². The summed E-state index contributed by atoms with van der Waals surface area (Å²) in [4.78, 5) is 23.7. The number of nitrogens with zero attached hydrogens (tertiary/aromatic N) is 5. The highest BCUT2D eigenvalue weighted by molar-refractivity contribution is 6.06. The molecule has 2 aromatic heterocycles. The first-order valence-corrected chi connectivity index (χ1v) is 14.9. The zero-order valence-electron chi connectivity index (χ0n) is 25.3. The molecule has 0 aliphatic carbocycles. The molecule has 244 valence electrons. The van der Waals surface area contributed by atoms with Crippen LogP contribution < -0.4 is 15.8 Å². The molecule has 6 rings (SSSR count). The zero-order valence-corrected chi connectivity index (χ0v) is 25.3. The lowest BCUT2D eigenvalue weighted by Crippen LogP contribution is -2.41. The number of nitrogens with one attached hydrogen (secondary N) is 1. The summed E-state index contributed by atoms with van der Waals surface area (Å²) in [6.45, 7) is 1.80. The van der Waals surface area contributed by atoms with Gasteiger partial charge in [-0.1, -0.05) is 24.6 Å². The van der Waals surface area contributed by atoms with Crippen LogP contribution in [0.25, 0.3) is 28.0 Å². The number of nitrogen functional groups attached to an aromatic ring is 1. The quantitative estimate of drug-likeness (QED) is 0.179. The van der Waals surface area contributed by atoms with Crippen LogP contribution in [0.2, 0.25) is 0 Å². The minimum atomic E-state index is -4.75. The summed E-state index contributed by atoms with van der Waals surface area (Å²) in [6.07, 6.45) is -0.200. The number of ether oxygens (including phenoxy) is 1. The van der Waals surface area contributed by atoms with Gasteiger partial charge in [-0.15, -0.1) is 0 Å². The van der Waals surface area contributed by atoms with E-state index in [1.807, 2.05) is 24.3 Å². The number of piperidine rings is 1. The molecule has 4 N–H and O–H groups in total. The third kappa shape index (κ3) is 6.46. The van der Waals surface area contributed by atoms with Gasteiger partial charge in [0.25, 0.3) is 5.91 Å². The smallest absolute Gasteiger partial charge is 0.416 e. The Labute approximate surface area is 266 Å². The molecule has 10 nitrogen and oxygen atoms in total. The van der Waals surface area contributed by atoms with Gasteiger partial charge in [-0.25, -0.2) is 19.0 Å². The molecule has 1 amide bonds. The summed E-state index contributed by atoms with van der Waals surface area (Å²) in [6, 6.07) is 14.5. The number of benzene rings is 3. The molecule has 1 saturated heterocycles. The molecule has 0 spiro atoms. The van der Waals surface area contributed by atoms with Gasteiger partial charge in [0.05, 0.1) is 41.6 Å². The van der Waals surface area contributed by atoms with E-state index in [9.17, 15) is 27.5 Å². The highest BCUT2D eigenvalue weighted by Gasteiger charge is 2.32. The zero-order chi connectivity index (χ0) is 33.3. The van der Waals surface area contributed by atoms with Crippen LogP contribution in [0.4, 0.5) is 29.1 Å². The molecule has 0 bridgehead atoms. The lowest BCUT2D eigenvalue weighted by molar-refractivity contribution is -0.137. The number of aromatic nitrogens is 4. The molecule has 1 fully saturated rings. The number of halogens is 4. The Morgan fingerprint density at radius 2 is 1.87 bits per heavy atom. The second kappa shape index (κ2) is 13.0. The number of methoxy groups -OCH3 is 1. The summed E-state index contributed by atoms with van der Waals surface area (Å²) >= 11 is 0. The van der Waals surface area contributed by atoms with E-state index in [4.69, 9.17) is 15.6 Å². The molecule has 1 aliphatic heterocycles. The SMILES string of the molecule is COc1cc(-c2nn(-c3ccc(CN4CCCCC4CO)cc3)c3ncnc(N)c23)ccc1NC(=O)c1ccc(C(F)(F)F)cc1F. The molecule has 1 unspecified atom stereocenters. The van der Waals surface area contributed by atoms with E-state index in [0.29, 0.717) is 28.4 Å². The van der Waals surface area contributed by atoms with E-state index >= 15 is 0 Å². The number of likely N-dealkylation sites (tertiary alicyclic amines) is 1. The Balaban J connectivity index is 1.29. The first-order chi connectivity index (χ1) is 22.6. The van der Waals surface area contributed by atoms with Crippen molar-refractivity contribution < 1.29 is 32.2 Å². The minimum absolute atomic E-state index is 0.136. The molecule has 0 radical (unpaired) electrons. The molecule has 3 heterocycles. The van der Waals surface area contributed by atoms with Crippen molar-refractivity contribution in [3.63, 3.8) is 0 Å². The number of carbonyl (C=O) groups is 1. The van der Waals surface area contributed by atoms with Gasteiger partial charge in [0.1, 0.15) is 29.4 Å². The third-order valence-corrected chi connectivity index (χ3v) is 8.28. The van der Waals surface area contributed by atoms with Crippen molar-refractivity contribution in [3.8, 4) is 22.7 Å². The van der Waals surface area contributed by atoms with E-state index in [0.717, 1.165) is 49.7 Å². The molecular weight excluding hydrogens is 618 g/mol. The predicted molar refractivity (Wildman–Crippen MR) is 168 cm³/mol. The number of alkyl halides is 3. The summed E-state index contributed by atoms with van der Waals surface area (Å²) in [5, 5.41) is 17.6. The van der Waals surface area contributed by atoms with Gasteiger partial charge in [-0.05, 0) is 67.4 Å². The summed E-state index contributed by atoms with van der Waals surface area (Å²) in [5.41, 5.74) is 7.96. The highest BCUT2D eigenvalue weighted by atomic mass is 19.4.